The summed E-state index contributed by atoms with van der Waals surface area (Å²) >= 11 is 6.29. The minimum Gasteiger partial charge on any atom is -0.493 e. The van der Waals surface area contributed by atoms with Crippen LogP contribution in [0.15, 0.2) is 179 Å². The third kappa shape index (κ3) is 22.3. The van der Waals surface area contributed by atoms with Gasteiger partial charge in [0.25, 0.3) is 5.91 Å². The molecule has 0 aliphatic carbocycles. The molecule has 5 aliphatic heterocycles. The summed E-state index contributed by atoms with van der Waals surface area (Å²) in [6.45, 7) is 40.5. The number of ether oxygens (including phenoxy) is 7. The summed E-state index contributed by atoms with van der Waals surface area (Å²) in [6, 6.07) is 21.3. The minimum absolute atomic E-state index is 0.0200. The Bertz CT molecular complexity index is 7020. The van der Waals surface area contributed by atoms with Crippen molar-refractivity contribution in [2.45, 2.75) is 132 Å². The summed E-state index contributed by atoms with van der Waals surface area (Å²) in [7, 11) is 1.49. The fraction of sp³-hybridized carbons (Fsp3) is 0.310. The fourth-order valence-corrected chi connectivity index (χ4v) is 16.6. The van der Waals surface area contributed by atoms with Crippen molar-refractivity contribution in [3.8, 4) is 40.2 Å². The molecule has 736 valence electrons. The Morgan fingerprint density at radius 1 is 0.390 bits per heavy atom. The molecule has 33 nitrogen and oxygen atoms in total. The molecule has 10 bridgehead atoms. The Morgan fingerprint density at radius 3 is 1.11 bits per heavy atom. The first-order valence-electron chi connectivity index (χ1n) is 45.8. The number of anilines is 5. The second-order valence-corrected chi connectivity index (χ2v) is 35.0. The zero-order valence-electron chi connectivity index (χ0n) is 79.5. The van der Waals surface area contributed by atoms with E-state index in [1.807, 2.05) is 114 Å². The molecule has 0 spiro atoms. The molecular formula is C100H107ClF7N25O8. The molecule has 15 aromatic rings. The van der Waals surface area contributed by atoms with Crippen molar-refractivity contribution in [1.82, 2.24) is 99.6 Å². The number of carbonyl (C=O) groups excluding carboxylic acids is 1. The van der Waals surface area contributed by atoms with Gasteiger partial charge in [0.1, 0.15) is 95.9 Å². The maximum atomic E-state index is 14.4. The Morgan fingerprint density at radius 2 is 0.716 bits per heavy atom. The molecule has 41 heteroatoms. The number of benzene rings is 5. The van der Waals surface area contributed by atoms with Crippen LogP contribution in [0.2, 0.25) is 5.02 Å². The molecule has 7 N–H and O–H groups in total. The number of amides is 1. The van der Waals surface area contributed by atoms with Gasteiger partial charge in [-0.05, 0) is 142 Å². The van der Waals surface area contributed by atoms with Gasteiger partial charge < -0.3 is 85.1 Å². The van der Waals surface area contributed by atoms with E-state index < -0.39 is 29.1 Å². The van der Waals surface area contributed by atoms with Gasteiger partial charge in [0.15, 0.2) is 74.4 Å². The quantitative estimate of drug-likeness (QED) is 0.0761. The number of aromatic nitrogens is 15. The molecule has 141 heavy (non-hydrogen) atoms. The van der Waals surface area contributed by atoms with Crippen LogP contribution in [0.4, 0.5) is 59.8 Å². The number of nitrogens with one attached hydrogen (secondary N) is 7. The number of hydrogen-bond acceptors (Lipinski definition) is 27. The number of carbonyl (C=O) groups is 1. The van der Waals surface area contributed by atoms with E-state index in [1.54, 1.807) is 55.1 Å². The van der Waals surface area contributed by atoms with Crippen molar-refractivity contribution < 1.29 is 68.7 Å². The lowest BCUT2D eigenvalue weighted by Gasteiger charge is -2.29. The summed E-state index contributed by atoms with van der Waals surface area (Å²) in [5, 5.41) is 44.0. The average Bonchev–Trinajstić information content (AvgIpc) is 1.69. The molecule has 2 atom stereocenters. The second kappa shape index (κ2) is 43.1. The lowest BCUT2D eigenvalue weighted by atomic mass is 10.1. The van der Waals surface area contributed by atoms with Crippen LogP contribution in [0.25, 0.3) is 51.0 Å². The number of hydrogen-bond donors (Lipinski definition) is 7. The normalized spacial score (nSPS) is 15.8. The summed E-state index contributed by atoms with van der Waals surface area (Å²) in [5.74, 6) is 1.39. The zero-order valence-corrected chi connectivity index (χ0v) is 80.2. The molecule has 0 fully saturated rings. The van der Waals surface area contributed by atoms with E-state index in [0.29, 0.717) is 202 Å². The van der Waals surface area contributed by atoms with Crippen molar-refractivity contribution in [1.29, 1.82) is 0 Å². The molecule has 20 rings (SSSR count). The molecule has 5 aliphatic rings. The van der Waals surface area contributed by atoms with Crippen LogP contribution in [-0.2, 0) is 19.6 Å². The van der Waals surface area contributed by atoms with Gasteiger partial charge >= 0.3 is 0 Å². The highest BCUT2D eigenvalue weighted by atomic mass is 35.5. The summed E-state index contributed by atoms with van der Waals surface area (Å²) in [6.07, 6.45) is 17.7. The first-order valence-corrected chi connectivity index (χ1v) is 46.2. The maximum Gasteiger partial charge on any atom is 0.256 e. The van der Waals surface area contributed by atoms with Crippen molar-refractivity contribution in [3.63, 3.8) is 0 Å². The SMILES string of the molecule is C=C1NCCOc2c(Cl)cc(F)cc2CN(C(C)C)c2ccn3ncc1c3n2.C=C1NCCOc2c(F)cc(F)cc2CN(C(C)C)c2ccn3ncc1c3n2.C=C1NCCOc2c(OC(C)C)cc(F)cc2[C@@H](C)Nc2ccn3ncc1c3n2.C=C1NCCOc2c(OC)cc(F)cc2[C@@H](C)Nc2ccn3ncc1c3n2.CC(C)N1Cc2cc(F)cc(F)c2OCCCNC(=O)c2cnn3ccc1nc23. The summed E-state index contributed by atoms with van der Waals surface area (Å²) in [4.78, 5) is 41.9. The predicted octanol–water partition coefficient (Wildman–Crippen LogP) is 17.0. The molecule has 0 saturated carbocycles. The molecule has 5 aromatic carbocycles. The number of rotatable bonds is 6. The molecule has 1 amide bonds. The topological polar surface area (TPSA) is 327 Å². The van der Waals surface area contributed by atoms with E-state index in [-0.39, 0.29) is 96.7 Å². The summed E-state index contributed by atoms with van der Waals surface area (Å²) in [5.41, 5.74) is 12.3. The van der Waals surface area contributed by atoms with Crippen molar-refractivity contribution in [2.24, 2.45) is 0 Å². The Hall–Kier alpha value is -15.8. The lowest BCUT2D eigenvalue weighted by Crippen LogP contribution is -2.32. The molecule has 15 heterocycles. The van der Waals surface area contributed by atoms with E-state index in [9.17, 15) is 35.5 Å². The minimum atomic E-state index is -0.749. The lowest BCUT2D eigenvalue weighted by molar-refractivity contribution is 0.0952. The van der Waals surface area contributed by atoms with Crippen LogP contribution >= 0.6 is 11.6 Å². The van der Waals surface area contributed by atoms with Crippen LogP contribution in [0.3, 0.4) is 0 Å². The summed E-state index contributed by atoms with van der Waals surface area (Å²) < 4.78 is 148. The number of methoxy groups -OCH3 is 1. The third-order valence-corrected chi connectivity index (χ3v) is 23.6. The van der Waals surface area contributed by atoms with Gasteiger partial charge in [-0.1, -0.05) is 37.9 Å². The first kappa shape index (κ1) is 98.3. The van der Waals surface area contributed by atoms with Crippen molar-refractivity contribution in [2.75, 3.05) is 98.2 Å². The van der Waals surface area contributed by atoms with Gasteiger partial charge in [-0.2, -0.15) is 25.5 Å². The Labute approximate surface area is 812 Å². The molecular weight excluding hydrogens is 1850 g/mol. The standard InChI is InChI=1S/C21H24FN5O2.C20H21ClFN5O.C20H21F2N5O2.C20H21F2N5O.C19H20FN5O2/c1-12(2)29-18-10-15(22)9-16-14(4)25-19-5-7-27-21(26-19)17(11-24-27)13(3)23-6-8-28-20(16)18;1-12(2)26-11-14-8-15(22)9-17(21)19(14)28-7-5-23-13(3)16-10-24-27-6-4-18(26)25-20(16)27;1-12(2)26-11-13-8-14(21)9-16(22)18(13)29-7-3-5-23-20(28)15-10-24-27-6-4-17(26)25-19(15)27;1-12(2)26-11-14-8-15(21)9-17(22)19(14)28-7-5-23-13(3)16-10-24-27-6-4-18(26)25-20(16)27;1-11-15-10-22-25-6-4-17(24-19(15)25)23-12(2)14-8-13(20)9-16(26-3)18(14)27-7-5-21-11/h5,7,9-12,14,23H,3,6,8H2,1-2,4H3,(H,25,26);4,6,8-10,12,23H,3,5,7,11H2,1-2H3;4,6,8-10,12H,3,5,7,11H2,1-2H3,(H,23,28);4,6,8-10,12,23H,3,5,7,11H2,1-2H3;4,6,8-10,12,21H,1,5,7H2,2-3H3,(H,23,24)/t14-;;;;12-/m1...1/s1. The van der Waals surface area contributed by atoms with E-state index in [0.717, 1.165) is 40.2 Å². The number of fused-ring (bicyclic) bond motifs is 10. The van der Waals surface area contributed by atoms with Crippen LogP contribution in [-0.4, -0.2) is 176 Å². The Balaban J connectivity index is 0.000000127. The van der Waals surface area contributed by atoms with Crippen molar-refractivity contribution >= 4 is 97.6 Å². The molecule has 0 saturated heterocycles. The number of halogens is 8. The van der Waals surface area contributed by atoms with Crippen molar-refractivity contribution in [3.05, 3.63) is 281 Å². The van der Waals surface area contributed by atoms with E-state index in [4.69, 9.17) is 54.7 Å². The van der Waals surface area contributed by atoms with E-state index >= 15 is 0 Å². The molecule has 0 unspecified atom stereocenters. The maximum absolute atomic E-state index is 14.4. The first-order chi connectivity index (χ1) is 67.8. The average molecular weight is 1960 g/mol. The van der Waals surface area contributed by atoms with Crippen LogP contribution in [0, 0.1) is 40.7 Å². The van der Waals surface area contributed by atoms with Gasteiger partial charge in [-0.3, -0.25) is 4.79 Å². The van der Waals surface area contributed by atoms with E-state index in [1.165, 1.54) is 66.4 Å². The fourth-order valence-electron chi connectivity index (χ4n) is 16.3. The highest BCUT2D eigenvalue weighted by molar-refractivity contribution is 6.32. The molecule has 10 aromatic heterocycles. The highest BCUT2D eigenvalue weighted by Crippen LogP contribution is 2.42. The van der Waals surface area contributed by atoms with Gasteiger partial charge in [0, 0.05) is 176 Å². The van der Waals surface area contributed by atoms with E-state index in [2.05, 4.69) is 123 Å². The van der Waals surface area contributed by atoms with Crippen LogP contribution < -0.4 is 85.1 Å². The van der Waals surface area contributed by atoms with Gasteiger partial charge in [0.2, 0.25) is 0 Å². The monoisotopic (exact) mass is 1950 g/mol. The Kier molecular flexibility index (Phi) is 30.0. The largest absolute Gasteiger partial charge is 0.493 e. The smallest absolute Gasteiger partial charge is 0.256 e. The number of nitrogens with zero attached hydrogens (tertiary/aromatic N) is 18. The third-order valence-electron chi connectivity index (χ3n) is 23.3. The zero-order chi connectivity index (χ0) is 99.7. The predicted molar refractivity (Wildman–Crippen MR) is 525 cm³/mol. The van der Waals surface area contributed by atoms with Crippen LogP contribution in [0.1, 0.15) is 148 Å². The second-order valence-electron chi connectivity index (χ2n) is 34.6. The van der Waals surface area contributed by atoms with Gasteiger partial charge in [-0.25, -0.2) is 78.2 Å². The molecule has 0 radical (unpaired) electrons. The van der Waals surface area contributed by atoms with Crippen LogP contribution in [0.5, 0.6) is 40.2 Å². The highest BCUT2D eigenvalue weighted by Gasteiger charge is 2.30. The van der Waals surface area contributed by atoms with Gasteiger partial charge in [-0.15, -0.1) is 0 Å². The van der Waals surface area contributed by atoms with Gasteiger partial charge in [0.05, 0.1) is 90.2 Å².